The minimum Gasteiger partial charge on any atom is -0.449 e. The first kappa shape index (κ1) is 53.1. The van der Waals surface area contributed by atoms with E-state index in [1.165, 1.54) is 141 Å². The Morgan fingerprint density at radius 2 is 0.907 bits per heavy atom. The van der Waals surface area contributed by atoms with Crippen molar-refractivity contribution in [1.82, 2.24) is 5.32 Å². The first-order valence-corrected chi connectivity index (χ1v) is 23.7. The molecular formula is C47H95NO6. The van der Waals surface area contributed by atoms with Crippen LogP contribution in [0.5, 0.6) is 0 Å². The third-order valence-corrected chi connectivity index (χ3v) is 12.0. The molecule has 0 aromatic rings. The van der Waals surface area contributed by atoms with Gasteiger partial charge in [0.15, 0.2) is 0 Å². The van der Waals surface area contributed by atoms with Gasteiger partial charge in [-0.15, -0.1) is 0 Å². The highest BCUT2D eigenvalue weighted by atomic mass is 16.6. The molecule has 0 rings (SSSR count). The SMILES string of the molecule is CCCCCCCCCCCCCCOCC(CNC(=O)OCCC(CC)(CC)OCCC(CC)(CC)OC)OCCCCCCCCCCCCCC. The minimum atomic E-state index is -0.397. The third kappa shape index (κ3) is 30.3. The lowest BCUT2D eigenvalue weighted by Gasteiger charge is -2.35. The van der Waals surface area contributed by atoms with E-state index in [1.54, 1.807) is 7.11 Å². The molecule has 0 fully saturated rings. The van der Waals surface area contributed by atoms with Crippen LogP contribution in [0.3, 0.4) is 0 Å². The van der Waals surface area contributed by atoms with Crippen LogP contribution in [0.25, 0.3) is 0 Å². The van der Waals surface area contributed by atoms with Crippen molar-refractivity contribution in [2.24, 2.45) is 0 Å². The standard InChI is InChI=1S/C47H95NO6/c1-8-14-16-18-20-22-24-26-28-30-32-34-38-51-43-44(52-39-35-33-31-29-27-25-23-21-19-17-15-9-2)42-48-45(49)53-40-36-47(12-5,13-6)54-41-37-46(10-3,11-4)50-7/h44H,8-43H2,1-7H3,(H,48,49). The van der Waals surface area contributed by atoms with E-state index in [9.17, 15) is 4.79 Å². The van der Waals surface area contributed by atoms with Crippen LogP contribution < -0.4 is 5.32 Å². The highest BCUT2D eigenvalue weighted by molar-refractivity contribution is 5.67. The number of methoxy groups -OCH3 is 1. The summed E-state index contributed by atoms with van der Waals surface area (Å²) < 4.78 is 30.3. The van der Waals surface area contributed by atoms with Crippen molar-refractivity contribution in [3.63, 3.8) is 0 Å². The van der Waals surface area contributed by atoms with Crippen molar-refractivity contribution < 1.29 is 28.5 Å². The summed E-state index contributed by atoms with van der Waals surface area (Å²) in [4.78, 5) is 12.8. The topological polar surface area (TPSA) is 75.3 Å². The number of nitrogens with one attached hydrogen (secondary N) is 1. The molecule has 0 aromatic carbocycles. The second-order valence-corrected chi connectivity index (χ2v) is 16.2. The minimum absolute atomic E-state index is 0.133. The Balaban J connectivity index is 4.54. The summed E-state index contributed by atoms with van der Waals surface area (Å²) in [5.74, 6) is 0. The van der Waals surface area contributed by atoms with E-state index < -0.39 is 6.09 Å². The van der Waals surface area contributed by atoms with Crippen LogP contribution in [0.2, 0.25) is 0 Å². The van der Waals surface area contributed by atoms with Gasteiger partial charge in [-0.25, -0.2) is 4.79 Å². The highest BCUT2D eigenvalue weighted by Crippen LogP contribution is 2.29. The van der Waals surface area contributed by atoms with Crippen molar-refractivity contribution in [3.8, 4) is 0 Å². The molecule has 1 unspecified atom stereocenters. The largest absolute Gasteiger partial charge is 0.449 e. The van der Waals surface area contributed by atoms with Crippen molar-refractivity contribution in [1.29, 1.82) is 0 Å². The number of rotatable bonds is 43. The van der Waals surface area contributed by atoms with E-state index in [0.717, 1.165) is 51.6 Å². The van der Waals surface area contributed by atoms with Gasteiger partial charge in [-0.3, -0.25) is 0 Å². The molecular weight excluding hydrogens is 675 g/mol. The van der Waals surface area contributed by atoms with Gasteiger partial charge in [0.2, 0.25) is 0 Å². The van der Waals surface area contributed by atoms with Gasteiger partial charge in [0.1, 0.15) is 0 Å². The molecule has 0 spiro atoms. The lowest BCUT2D eigenvalue weighted by molar-refractivity contribution is -0.0987. The molecule has 0 saturated heterocycles. The van der Waals surface area contributed by atoms with Crippen molar-refractivity contribution in [3.05, 3.63) is 0 Å². The van der Waals surface area contributed by atoms with Crippen LogP contribution in [-0.4, -0.2) is 70.1 Å². The predicted molar refractivity (Wildman–Crippen MR) is 231 cm³/mol. The Kier molecular flexibility index (Phi) is 38.3. The van der Waals surface area contributed by atoms with Gasteiger partial charge in [0.05, 0.1) is 37.1 Å². The van der Waals surface area contributed by atoms with Gasteiger partial charge in [-0.1, -0.05) is 183 Å². The molecule has 0 heterocycles. The highest BCUT2D eigenvalue weighted by Gasteiger charge is 2.30. The van der Waals surface area contributed by atoms with Crippen LogP contribution in [0, 0.1) is 0 Å². The lowest BCUT2D eigenvalue weighted by Crippen LogP contribution is -2.39. The van der Waals surface area contributed by atoms with E-state index in [-0.39, 0.29) is 17.3 Å². The molecule has 54 heavy (non-hydrogen) atoms. The molecule has 1 amide bonds. The van der Waals surface area contributed by atoms with Crippen LogP contribution in [0.15, 0.2) is 0 Å². The number of amides is 1. The number of unbranched alkanes of at least 4 members (excludes halogenated alkanes) is 22. The molecule has 0 radical (unpaired) electrons. The maximum absolute atomic E-state index is 12.8. The summed E-state index contributed by atoms with van der Waals surface area (Å²) in [6, 6.07) is 0. The summed E-state index contributed by atoms with van der Waals surface area (Å²) in [6.07, 6.45) is 36.5. The first-order valence-electron chi connectivity index (χ1n) is 23.7. The Hall–Kier alpha value is -0.890. The normalized spacial score (nSPS) is 12.7. The van der Waals surface area contributed by atoms with E-state index in [0.29, 0.717) is 39.4 Å². The molecule has 1 N–H and O–H groups in total. The zero-order chi connectivity index (χ0) is 39.9. The molecule has 0 aliphatic heterocycles. The van der Waals surface area contributed by atoms with Crippen molar-refractivity contribution in [2.75, 3.05) is 46.7 Å². The maximum atomic E-state index is 12.8. The zero-order valence-electron chi connectivity index (χ0n) is 37.5. The number of hydrogen-bond acceptors (Lipinski definition) is 6. The Labute approximate surface area is 337 Å². The summed E-state index contributed by atoms with van der Waals surface area (Å²) in [5.41, 5.74) is -0.436. The second kappa shape index (κ2) is 39.0. The average molecular weight is 770 g/mol. The quantitative estimate of drug-likeness (QED) is 0.0623. The van der Waals surface area contributed by atoms with Crippen molar-refractivity contribution >= 4 is 6.09 Å². The molecule has 0 aromatic heterocycles. The van der Waals surface area contributed by atoms with Gasteiger partial charge in [0.25, 0.3) is 0 Å². The molecule has 0 bridgehead atoms. The van der Waals surface area contributed by atoms with E-state index >= 15 is 0 Å². The van der Waals surface area contributed by atoms with Gasteiger partial charge >= 0.3 is 6.09 Å². The van der Waals surface area contributed by atoms with E-state index in [2.05, 4.69) is 46.9 Å². The van der Waals surface area contributed by atoms with Gasteiger partial charge in [-0.05, 0) is 44.9 Å². The zero-order valence-corrected chi connectivity index (χ0v) is 37.5. The Bertz CT molecular complexity index is 763. The number of ether oxygens (including phenoxy) is 5. The van der Waals surface area contributed by atoms with Crippen molar-refractivity contribution in [2.45, 2.75) is 251 Å². The summed E-state index contributed by atoms with van der Waals surface area (Å²) in [7, 11) is 1.80. The van der Waals surface area contributed by atoms with Gasteiger partial charge < -0.3 is 29.0 Å². The summed E-state index contributed by atoms with van der Waals surface area (Å²) in [5, 5.41) is 2.96. The molecule has 7 heteroatoms. The third-order valence-electron chi connectivity index (χ3n) is 12.0. The fourth-order valence-corrected chi connectivity index (χ4v) is 7.52. The second-order valence-electron chi connectivity index (χ2n) is 16.2. The Morgan fingerprint density at radius 3 is 1.33 bits per heavy atom. The fraction of sp³-hybridized carbons (Fsp3) is 0.979. The maximum Gasteiger partial charge on any atom is 0.407 e. The van der Waals surface area contributed by atoms with Crippen LogP contribution >= 0.6 is 0 Å². The lowest BCUT2D eigenvalue weighted by atomic mass is 9.91. The molecule has 0 saturated carbocycles. The number of carbonyl (C=O) groups is 1. The molecule has 0 aliphatic carbocycles. The number of alkyl carbamates (subject to hydrolysis) is 1. The fourth-order valence-electron chi connectivity index (χ4n) is 7.52. The van der Waals surface area contributed by atoms with Crippen LogP contribution in [-0.2, 0) is 23.7 Å². The Morgan fingerprint density at radius 1 is 0.500 bits per heavy atom. The monoisotopic (exact) mass is 770 g/mol. The first-order chi connectivity index (χ1) is 26.4. The smallest absolute Gasteiger partial charge is 0.407 e. The average Bonchev–Trinajstić information content (AvgIpc) is 3.19. The van der Waals surface area contributed by atoms with Gasteiger partial charge in [-0.2, -0.15) is 0 Å². The molecule has 324 valence electrons. The van der Waals surface area contributed by atoms with Gasteiger partial charge in [0, 0.05) is 33.3 Å². The van der Waals surface area contributed by atoms with Crippen LogP contribution in [0.4, 0.5) is 4.79 Å². The molecule has 1 atom stereocenters. The number of carbonyl (C=O) groups excluding carboxylic acids is 1. The molecule has 0 aliphatic rings. The molecule has 7 nitrogen and oxygen atoms in total. The summed E-state index contributed by atoms with van der Waals surface area (Å²) in [6.45, 7) is 16.5. The van der Waals surface area contributed by atoms with E-state index in [1.807, 2.05) is 0 Å². The van der Waals surface area contributed by atoms with Crippen LogP contribution in [0.1, 0.15) is 234 Å². The summed E-state index contributed by atoms with van der Waals surface area (Å²) >= 11 is 0. The van der Waals surface area contributed by atoms with E-state index in [4.69, 9.17) is 23.7 Å². The number of hydrogen-bond donors (Lipinski definition) is 1. The predicted octanol–water partition coefficient (Wildman–Crippen LogP) is 14.1.